The molecule has 0 aliphatic heterocycles. The highest BCUT2D eigenvalue weighted by Gasteiger charge is 2.01. The normalized spacial score (nSPS) is 12.5. The van der Waals surface area contributed by atoms with Crippen LogP contribution in [0.1, 0.15) is 13.8 Å². The summed E-state index contributed by atoms with van der Waals surface area (Å²) in [4.78, 5) is 0. The number of ether oxygens (including phenoxy) is 2. The first-order valence-electron chi connectivity index (χ1n) is 4.36. The largest absolute Gasteiger partial charge is 0.465 e. The van der Waals surface area contributed by atoms with Crippen LogP contribution >= 0.6 is 0 Å². The Kier molecular flexibility index (Phi) is 3.58. The average Bonchev–Trinajstić information content (AvgIpc) is 2.09. The van der Waals surface area contributed by atoms with Crippen LogP contribution in [0.25, 0.3) is 0 Å². The molecule has 2 N–H and O–H groups in total. The molecule has 0 fully saturated rings. The first-order chi connectivity index (χ1) is 6.22. The maximum atomic E-state index is 5.53. The predicted octanol–water partition coefficient (Wildman–Crippen LogP) is 2.03. The summed E-state index contributed by atoms with van der Waals surface area (Å²) in [6.07, 6.45) is -0.214. The lowest BCUT2D eigenvalue weighted by Gasteiger charge is -2.13. The average molecular weight is 181 g/mol. The molecule has 1 atom stereocenters. The van der Waals surface area contributed by atoms with Gasteiger partial charge in [0.15, 0.2) is 6.29 Å². The Morgan fingerprint density at radius 1 is 1.31 bits per heavy atom. The first kappa shape index (κ1) is 9.86. The van der Waals surface area contributed by atoms with Gasteiger partial charge in [-0.25, -0.2) is 0 Å². The molecule has 0 aliphatic carbocycles. The fourth-order valence-electron chi connectivity index (χ4n) is 1.01. The van der Waals surface area contributed by atoms with Gasteiger partial charge in [0.1, 0.15) is 5.75 Å². The van der Waals surface area contributed by atoms with Crippen molar-refractivity contribution in [2.45, 2.75) is 20.1 Å². The standard InChI is InChI=1S/C10H15NO2/c1-3-12-8(2)13-10-6-4-9(11)5-7-10/h4-8H,3,11H2,1-2H3. The van der Waals surface area contributed by atoms with E-state index in [1.54, 1.807) is 12.1 Å². The minimum Gasteiger partial charge on any atom is -0.465 e. The van der Waals surface area contributed by atoms with Gasteiger partial charge in [-0.05, 0) is 38.1 Å². The highest BCUT2D eigenvalue weighted by molar-refractivity contribution is 5.41. The summed E-state index contributed by atoms with van der Waals surface area (Å²) >= 11 is 0. The number of anilines is 1. The van der Waals surface area contributed by atoms with Crippen molar-refractivity contribution in [3.63, 3.8) is 0 Å². The van der Waals surface area contributed by atoms with E-state index < -0.39 is 0 Å². The van der Waals surface area contributed by atoms with Crippen LogP contribution in [-0.4, -0.2) is 12.9 Å². The smallest absolute Gasteiger partial charge is 0.196 e. The van der Waals surface area contributed by atoms with Gasteiger partial charge in [0.2, 0.25) is 0 Å². The van der Waals surface area contributed by atoms with Crippen molar-refractivity contribution in [2.75, 3.05) is 12.3 Å². The zero-order chi connectivity index (χ0) is 9.68. The fraction of sp³-hybridized carbons (Fsp3) is 0.400. The summed E-state index contributed by atoms with van der Waals surface area (Å²) in [6, 6.07) is 7.25. The number of nitrogens with two attached hydrogens (primary N) is 1. The first-order valence-corrected chi connectivity index (χ1v) is 4.36. The molecule has 1 rings (SSSR count). The van der Waals surface area contributed by atoms with E-state index in [-0.39, 0.29) is 6.29 Å². The highest BCUT2D eigenvalue weighted by Crippen LogP contribution is 2.14. The third-order valence-corrected chi connectivity index (χ3v) is 1.58. The highest BCUT2D eigenvalue weighted by atomic mass is 16.7. The van der Waals surface area contributed by atoms with Crippen molar-refractivity contribution in [1.29, 1.82) is 0 Å². The molecule has 0 amide bonds. The lowest BCUT2D eigenvalue weighted by molar-refractivity contribution is -0.0613. The van der Waals surface area contributed by atoms with Gasteiger partial charge in [-0.1, -0.05) is 0 Å². The van der Waals surface area contributed by atoms with Gasteiger partial charge >= 0.3 is 0 Å². The van der Waals surface area contributed by atoms with E-state index in [0.29, 0.717) is 6.61 Å². The van der Waals surface area contributed by atoms with Crippen LogP contribution < -0.4 is 10.5 Å². The number of nitrogen functional groups attached to an aromatic ring is 1. The summed E-state index contributed by atoms with van der Waals surface area (Å²) in [5.41, 5.74) is 6.26. The number of benzene rings is 1. The molecule has 1 aromatic rings. The quantitative estimate of drug-likeness (QED) is 0.571. The van der Waals surface area contributed by atoms with Gasteiger partial charge in [-0.3, -0.25) is 0 Å². The Bertz CT molecular complexity index is 246. The Hall–Kier alpha value is -1.22. The monoisotopic (exact) mass is 181 g/mol. The number of rotatable bonds is 4. The minimum absolute atomic E-state index is 0.214. The van der Waals surface area contributed by atoms with Crippen LogP contribution in [-0.2, 0) is 4.74 Å². The molecular formula is C10H15NO2. The maximum absolute atomic E-state index is 5.53. The molecule has 0 bridgehead atoms. The summed E-state index contributed by atoms with van der Waals surface area (Å²) in [5, 5.41) is 0. The molecule has 13 heavy (non-hydrogen) atoms. The Labute approximate surface area is 78.5 Å². The second-order valence-corrected chi connectivity index (χ2v) is 2.71. The van der Waals surface area contributed by atoms with Crippen molar-refractivity contribution in [3.05, 3.63) is 24.3 Å². The molecule has 0 radical (unpaired) electrons. The lowest BCUT2D eigenvalue weighted by Crippen LogP contribution is -2.15. The zero-order valence-electron chi connectivity index (χ0n) is 7.99. The van der Waals surface area contributed by atoms with Gasteiger partial charge in [-0.15, -0.1) is 0 Å². The summed E-state index contributed by atoms with van der Waals surface area (Å²) < 4.78 is 10.7. The molecule has 1 unspecified atom stereocenters. The van der Waals surface area contributed by atoms with Gasteiger partial charge in [0.05, 0.1) is 0 Å². The van der Waals surface area contributed by atoms with Crippen LogP contribution in [0.2, 0.25) is 0 Å². The van der Waals surface area contributed by atoms with Crippen LogP contribution in [0.15, 0.2) is 24.3 Å². The Balaban J connectivity index is 2.49. The fourth-order valence-corrected chi connectivity index (χ4v) is 1.01. The van der Waals surface area contributed by atoms with Crippen LogP contribution in [0.4, 0.5) is 5.69 Å². The molecule has 1 aromatic carbocycles. The van der Waals surface area contributed by atoms with Crippen molar-refractivity contribution < 1.29 is 9.47 Å². The van der Waals surface area contributed by atoms with Crippen molar-refractivity contribution in [1.82, 2.24) is 0 Å². The lowest BCUT2D eigenvalue weighted by atomic mass is 10.3. The van der Waals surface area contributed by atoms with E-state index >= 15 is 0 Å². The summed E-state index contributed by atoms with van der Waals surface area (Å²) in [7, 11) is 0. The van der Waals surface area contributed by atoms with E-state index in [9.17, 15) is 0 Å². The van der Waals surface area contributed by atoms with Crippen molar-refractivity contribution >= 4 is 5.69 Å². The van der Waals surface area contributed by atoms with Crippen LogP contribution in [0.3, 0.4) is 0 Å². The van der Waals surface area contributed by atoms with Crippen LogP contribution in [0, 0.1) is 0 Å². The molecule has 0 aromatic heterocycles. The SMILES string of the molecule is CCOC(C)Oc1ccc(N)cc1. The molecule has 72 valence electrons. The molecule has 0 aliphatic rings. The minimum atomic E-state index is -0.214. The Morgan fingerprint density at radius 2 is 1.92 bits per heavy atom. The molecule has 0 spiro atoms. The van der Waals surface area contributed by atoms with Crippen molar-refractivity contribution in [2.24, 2.45) is 0 Å². The van der Waals surface area contributed by atoms with Gasteiger partial charge in [0, 0.05) is 12.3 Å². The molecule has 0 heterocycles. The molecule has 0 saturated carbocycles. The third-order valence-electron chi connectivity index (χ3n) is 1.58. The summed E-state index contributed by atoms with van der Waals surface area (Å²) in [6.45, 7) is 4.44. The number of hydrogen-bond acceptors (Lipinski definition) is 3. The number of hydrogen-bond donors (Lipinski definition) is 1. The van der Waals surface area contributed by atoms with E-state index in [4.69, 9.17) is 15.2 Å². The molecule has 0 saturated heterocycles. The second kappa shape index (κ2) is 4.72. The molecule has 3 nitrogen and oxygen atoms in total. The van der Waals surface area contributed by atoms with E-state index in [1.807, 2.05) is 26.0 Å². The predicted molar refractivity (Wildman–Crippen MR) is 52.6 cm³/mol. The summed E-state index contributed by atoms with van der Waals surface area (Å²) in [5.74, 6) is 0.773. The van der Waals surface area contributed by atoms with E-state index in [2.05, 4.69) is 0 Å². The zero-order valence-corrected chi connectivity index (χ0v) is 7.99. The Morgan fingerprint density at radius 3 is 2.46 bits per heavy atom. The van der Waals surface area contributed by atoms with E-state index in [1.165, 1.54) is 0 Å². The molecular weight excluding hydrogens is 166 g/mol. The second-order valence-electron chi connectivity index (χ2n) is 2.71. The topological polar surface area (TPSA) is 44.5 Å². The van der Waals surface area contributed by atoms with Gasteiger partial charge < -0.3 is 15.2 Å². The van der Waals surface area contributed by atoms with Gasteiger partial charge in [-0.2, -0.15) is 0 Å². The maximum Gasteiger partial charge on any atom is 0.196 e. The van der Waals surface area contributed by atoms with Gasteiger partial charge in [0.25, 0.3) is 0 Å². The third kappa shape index (κ3) is 3.34. The van der Waals surface area contributed by atoms with Crippen molar-refractivity contribution in [3.8, 4) is 5.75 Å². The van der Waals surface area contributed by atoms with Crippen LogP contribution in [0.5, 0.6) is 5.75 Å². The molecule has 3 heteroatoms. The van der Waals surface area contributed by atoms with E-state index in [0.717, 1.165) is 11.4 Å².